The van der Waals surface area contributed by atoms with Crippen LogP contribution < -0.4 is 26.6 Å². The highest BCUT2D eigenvalue weighted by molar-refractivity contribution is 6.04. The van der Waals surface area contributed by atoms with Crippen LogP contribution in [0.2, 0.25) is 0 Å². The van der Waals surface area contributed by atoms with Gasteiger partial charge in [0.05, 0.1) is 5.92 Å². The number of aliphatic imine (C=N–C) groups is 1. The van der Waals surface area contributed by atoms with E-state index in [4.69, 9.17) is 5.26 Å². The Bertz CT molecular complexity index is 1430. The van der Waals surface area contributed by atoms with Crippen molar-refractivity contribution in [3.8, 4) is 6.19 Å². The summed E-state index contributed by atoms with van der Waals surface area (Å²) in [6, 6.07) is 12.2. The van der Waals surface area contributed by atoms with Crippen LogP contribution in [0.25, 0.3) is 0 Å². The Kier molecular flexibility index (Phi) is 14.8. The molecule has 2 rings (SSSR count). The summed E-state index contributed by atoms with van der Waals surface area (Å²) in [6.07, 6.45) is 2.39. The first-order valence-corrected chi connectivity index (χ1v) is 15.5. The summed E-state index contributed by atoms with van der Waals surface area (Å²) >= 11 is 0. The highest BCUT2D eigenvalue weighted by Crippen LogP contribution is 2.26. The topological polar surface area (TPSA) is 205 Å². The minimum atomic E-state index is -1.22. The maximum Gasteiger partial charge on any atom is 0.327 e. The van der Waals surface area contributed by atoms with Crippen molar-refractivity contribution >= 4 is 41.1 Å². The summed E-state index contributed by atoms with van der Waals surface area (Å²) in [7, 11) is 0. The summed E-state index contributed by atoms with van der Waals surface area (Å²) in [5.41, 5.74) is 2.83. The lowest BCUT2D eigenvalue weighted by molar-refractivity contribution is -0.142. The zero-order chi connectivity index (χ0) is 35.1. The molecule has 2 aromatic rings. The van der Waals surface area contributed by atoms with Gasteiger partial charge >= 0.3 is 11.9 Å². The zero-order valence-corrected chi connectivity index (χ0v) is 27.9. The van der Waals surface area contributed by atoms with Crippen LogP contribution in [-0.2, 0) is 19.2 Å². The molecule has 0 spiro atoms. The molecule has 0 fully saturated rings. The van der Waals surface area contributed by atoms with Gasteiger partial charge in [0.1, 0.15) is 12.1 Å². The molecule has 3 unspecified atom stereocenters. The van der Waals surface area contributed by atoms with Crippen molar-refractivity contribution < 1.29 is 29.4 Å². The number of carbonyl (C=O) groups excluding carboxylic acids is 2. The molecule has 0 radical (unpaired) electrons. The first kappa shape index (κ1) is 38.2. The molecule has 2 amide bonds. The molecule has 3 atom stereocenters. The Morgan fingerprint density at radius 1 is 0.872 bits per heavy atom. The molecule has 0 saturated heterocycles. The average molecular weight is 650 g/mol. The Morgan fingerprint density at radius 3 is 1.91 bits per heavy atom. The number of anilines is 2. The van der Waals surface area contributed by atoms with E-state index in [1.807, 2.05) is 65.8 Å². The number of aryl methyl sites for hydroxylation is 1. The predicted molar refractivity (Wildman–Crippen MR) is 181 cm³/mol. The van der Waals surface area contributed by atoms with Crippen LogP contribution in [0, 0.1) is 29.7 Å². The van der Waals surface area contributed by atoms with E-state index < -0.39 is 41.8 Å². The average Bonchev–Trinajstić information content (AvgIpc) is 2.97. The van der Waals surface area contributed by atoms with E-state index in [0.29, 0.717) is 17.7 Å². The van der Waals surface area contributed by atoms with Gasteiger partial charge in [-0.25, -0.2) is 9.59 Å². The van der Waals surface area contributed by atoms with Gasteiger partial charge in [0.25, 0.3) is 0 Å². The first-order chi connectivity index (χ1) is 22.1. The summed E-state index contributed by atoms with van der Waals surface area (Å²) < 4.78 is 0. The molecule has 0 aliphatic heterocycles. The summed E-state index contributed by atoms with van der Waals surface area (Å²) in [6.45, 7) is 11.5. The maximum atomic E-state index is 13.4. The highest BCUT2D eigenvalue weighted by atomic mass is 16.4. The molecule has 0 aromatic heterocycles. The minimum Gasteiger partial charge on any atom is -0.480 e. The third kappa shape index (κ3) is 14.3. The molecular weight excluding hydrogens is 602 g/mol. The second kappa shape index (κ2) is 18.3. The number of aliphatic carboxylic acids is 2. The molecule has 13 nitrogen and oxygen atoms in total. The maximum absolute atomic E-state index is 13.4. The number of guanidine groups is 1. The van der Waals surface area contributed by atoms with Crippen LogP contribution >= 0.6 is 0 Å². The minimum absolute atomic E-state index is 0.00437. The molecule has 13 heteroatoms. The van der Waals surface area contributed by atoms with Crippen LogP contribution in [0.4, 0.5) is 11.4 Å². The lowest BCUT2D eigenvalue weighted by atomic mass is 9.89. The largest absolute Gasteiger partial charge is 0.480 e. The van der Waals surface area contributed by atoms with E-state index in [2.05, 4.69) is 31.6 Å². The number of nitriles is 1. The van der Waals surface area contributed by atoms with Crippen molar-refractivity contribution in [3.63, 3.8) is 0 Å². The molecule has 0 aliphatic rings. The normalized spacial score (nSPS) is 13.5. The van der Waals surface area contributed by atoms with Crippen molar-refractivity contribution in [1.82, 2.24) is 16.0 Å². The quantitative estimate of drug-likeness (QED) is 0.0601. The van der Waals surface area contributed by atoms with E-state index >= 15 is 0 Å². The number of hydrogen-bond acceptors (Lipinski definition) is 7. The predicted octanol–water partition coefficient (Wildman–Crippen LogP) is 4.04. The van der Waals surface area contributed by atoms with E-state index in [1.165, 1.54) is 0 Å². The second-order valence-electron chi connectivity index (χ2n) is 13.1. The number of rotatable bonds is 16. The van der Waals surface area contributed by atoms with E-state index in [9.17, 15) is 29.4 Å². The number of carboxylic acids is 2. The van der Waals surface area contributed by atoms with Crippen molar-refractivity contribution in [2.24, 2.45) is 16.3 Å². The molecule has 254 valence electrons. The number of benzene rings is 2. The Morgan fingerprint density at radius 2 is 1.43 bits per heavy atom. The molecule has 2 aromatic carbocycles. The van der Waals surface area contributed by atoms with Gasteiger partial charge in [-0.2, -0.15) is 5.26 Å². The van der Waals surface area contributed by atoms with Gasteiger partial charge in [-0.05, 0) is 67.5 Å². The number of carboxylic acid groups (broad SMARTS) is 2. The van der Waals surface area contributed by atoms with E-state index in [-0.39, 0.29) is 43.2 Å². The van der Waals surface area contributed by atoms with Crippen LogP contribution in [0.5, 0.6) is 0 Å². The molecule has 0 aliphatic carbocycles. The van der Waals surface area contributed by atoms with Crippen LogP contribution in [0.1, 0.15) is 70.9 Å². The Balaban J connectivity index is 2.05. The van der Waals surface area contributed by atoms with Gasteiger partial charge < -0.3 is 36.8 Å². The highest BCUT2D eigenvalue weighted by Gasteiger charge is 2.28. The Hall–Kier alpha value is -4.96. The lowest BCUT2D eigenvalue weighted by Crippen LogP contribution is -2.49. The van der Waals surface area contributed by atoms with Crippen molar-refractivity contribution in [2.75, 3.05) is 23.7 Å². The molecule has 7 N–H and O–H groups in total. The Labute approximate surface area is 276 Å². The fourth-order valence-corrected chi connectivity index (χ4v) is 4.66. The summed E-state index contributed by atoms with van der Waals surface area (Å²) in [5.74, 6) is -3.55. The first-order valence-electron chi connectivity index (χ1n) is 15.5. The van der Waals surface area contributed by atoms with Gasteiger partial charge in [-0.1, -0.05) is 64.4 Å². The van der Waals surface area contributed by atoms with Crippen LogP contribution in [-0.4, -0.2) is 65.1 Å². The van der Waals surface area contributed by atoms with Gasteiger partial charge in [0.15, 0.2) is 0 Å². The third-order valence-electron chi connectivity index (χ3n) is 6.97. The van der Waals surface area contributed by atoms with E-state index in [1.54, 1.807) is 30.5 Å². The number of nitrogens with one attached hydrogen (secondary N) is 5. The molecule has 0 heterocycles. The summed E-state index contributed by atoms with van der Waals surface area (Å²) in [5, 5.41) is 42.6. The van der Waals surface area contributed by atoms with Crippen molar-refractivity contribution in [2.45, 2.75) is 78.8 Å². The number of nitrogens with zero attached hydrogens (tertiary/aromatic N) is 2. The van der Waals surface area contributed by atoms with Gasteiger partial charge in [0.2, 0.25) is 24.0 Å². The van der Waals surface area contributed by atoms with Crippen molar-refractivity contribution in [3.05, 3.63) is 59.7 Å². The SMILES string of the molecule is Cc1ccc(NC(=NC#N)Nc2ccc(C(CC(C)C)C(=O)NC(CCNCC(NC(=O)CC(C)(C)C)C(=O)O)C(=O)O)cc2)cc1. The molecular formula is C34H47N7O6. The monoisotopic (exact) mass is 649 g/mol. The fraction of sp³-hybridized carbons (Fsp3) is 0.471. The second-order valence-corrected chi connectivity index (χ2v) is 13.1. The smallest absolute Gasteiger partial charge is 0.327 e. The zero-order valence-electron chi connectivity index (χ0n) is 27.9. The van der Waals surface area contributed by atoms with Crippen LogP contribution in [0.3, 0.4) is 0 Å². The molecule has 0 saturated carbocycles. The van der Waals surface area contributed by atoms with Gasteiger partial charge in [-0.3, -0.25) is 9.59 Å². The molecule has 47 heavy (non-hydrogen) atoms. The third-order valence-corrected chi connectivity index (χ3v) is 6.97. The fourth-order valence-electron chi connectivity index (χ4n) is 4.66. The number of amides is 2. The van der Waals surface area contributed by atoms with Crippen LogP contribution in [0.15, 0.2) is 53.5 Å². The summed E-state index contributed by atoms with van der Waals surface area (Å²) in [4.78, 5) is 53.1. The van der Waals surface area contributed by atoms with Gasteiger partial charge in [0, 0.05) is 24.3 Å². The number of hydrogen-bond donors (Lipinski definition) is 7. The van der Waals surface area contributed by atoms with E-state index in [0.717, 1.165) is 11.3 Å². The lowest BCUT2D eigenvalue weighted by Gasteiger charge is -2.23. The number of carbonyl (C=O) groups is 4. The standard InChI is InChI=1S/C34H47N7O6/c1-21(2)17-26(23-9-13-25(14-10-23)39-33(37-20-35)38-24-11-7-22(3)8-12-24)30(43)41-27(31(44)45)15-16-36-19-28(32(46)47)40-29(42)18-34(4,5)6/h7-14,21,26-28,36H,15-19H2,1-6H3,(H,40,42)(H,41,43)(H,44,45)(H,46,47)(H2,37,38,39). The van der Waals surface area contributed by atoms with Gasteiger partial charge in [-0.15, -0.1) is 4.99 Å². The molecule has 0 bridgehead atoms. The van der Waals surface area contributed by atoms with Crippen molar-refractivity contribution in [1.29, 1.82) is 5.26 Å².